The molecule has 4 rings (SSSR count). The van der Waals surface area contributed by atoms with Crippen LogP contribution in [-0.4, -0.2) is 68.2 Å². The number of piperidine rings is 1. The molecule has 1 amide bonds. The molecule has 2 aromatic heterocycles. The van der Waals surface area contributed by atoms with Crippen LogP contribution in [0.25, 0.3) is 5.65 Å². The molecule has 0 radical (unpaired) electrons. The lowest BCUT2D eigenvalue weighted by molar-refractivity contribution is -0.127. The van der Waals surface area contributed by atoms with Crippen LogP contribution in [0.5, 0.6) is 0 Å². The maximum Gasteiger partial charge on any atom is 0.222 e. The van der Waals surface area contributed by atoms with Crippen molar-refractivity contribution in [3.05, 3.63) is 23.7 Å². The number of aryl methyl sites for hydroxylation is 1. The fourth-order valence-electron chi connectivity index (χ4n) is 3.90. The molecule has 2 fully saturated rings. The Kier molecular flexibility index (Phi) is 3.96. The fraction of sp³-hybridized carbons (Fsp3) is 0.647. The standard InChI is InChI=1S/C17H24N6O/c1-12-3-5-15-18-19-17(23(15)20-12)13-7-9-22(10-8-13)11-14-4-6-16(24)21(14)2/h3,5,13-14H,4,6-11H2,1-2H3. The highest BCUT2D eigenvalue weighted by atomic mass is 16.2. The number of nitrogens with zero attached hydrogens (tertiary/aromatic N) is 6. The molecule has 128 valence electrons. The van der Waals surface area contributed by atoms with Crippen molar-refractivity contribution in [3.8, 4) is 0 Å². The molecule has 1 unspecified atom stereocenters. The minimum Gasteiger partial charge on any atom is -0.341 e. The Morgan fingerprint density at radius 1 is 1.17 bits per heavy atom. The van der Waals surface area contributed by atoms with Gasteiger partial charge in [-0.2, -0.15) is 9.61 Å². The molecule has 1 atom stereocenters. The molecule has 0 N–H and O–H groups in total. The summed E-state index contributed by atoms with van der Waals surface area (Å²) in [5.41, 5.74) is 1.80. The van der Waals surface area contributed by atoms with E-state index in [0.29, 0.717) is 18.4 Å². The smallest absolute Gasteiger partial charge is 0.222 e. The zero-order valence-electron chi connectivity index (χ0n) is 14.4. The minimum atomic E-state index is 0.284. The molecule has 0 spiro atoms. The van der Waals surface area contributed by atoms with E-state index in [1.165, 1.54) is 0 Å². The monoisotopic (exact) mass is 328 g/mol. The number of hydrogen-bond donors (Lipinski definition) is 0. The second kappa shape index (κ2) is 6.12. The molecule has 4 heterocycles. The Balaban J connectivity index is 1.40. The van der Waals surface area contributed by atoms with Gasteiger partial charge in [0.05, 0.1) is 5.69 Å². The number of likely N-dealkylation sites (tertiary alicyclic amines) is 2. The molecular formula is C17H24N6O. The number of fused-ring (bicyclic) bond motifs is 1. The van der Waals surface area contributed by atoms with Crippen LogP contribution in [0.1, 0.15) is 43.1 Å². The minimum absolute atomic E-state index is 0.284. The Morgan fingerprint density at radius 3 is 2.67 bits per heavy atom. The van der Waals surface area contributed by atoms with E-state index in [2.05, 4.69) is 20.2 Å². The summed E-state index contributed by atoms with van der Waals surface area (Å²) in [6.07, 6.45) is 3.84. The van der Waals surface area contributed by atoms with Crippen molar-refractivity contribution in [1.29, 1.82) is 0 Å². The van der Waals surface area contributed by atoms with Gasteiger partial charge in [-0.1, -0.05) is 0 Å². The highest BCUT2D eigenvalue weighted by Gasteiger charge is 2.31. The van der Waals surface area contributed by atoms with Crippen molar-refractivity contribution < 1.29 is 4.79 Å². The van der Waals surface area contributed by atoms with E-state index in [-0.39, 0.29) is 5.91 Å². The van der Waals surface area contributed by atoms with Crippen LogP contribution in [0.3, 0.4) is 0 Å². The van der Waals surface area contributed by atoms with Gasteiger partial charge in [0.25, 0.3) is 0 Å². The van der Waals surface area contributed by atoms with Gasteiger partial charge in [-0.15, -0.1) is 10.2 Å². The molecule has 0 saturated carbocycles. The van der Waals surface area contributed by atoms with E-state index in [4.69, 9.17) is 0 Å². The van der Waals surface area contributed by atoms with Crippen molar-refractivity contribution in [2.24, 2.45) is 0 Å². The van der Waals surface area contributed by atoms with E-state index < -0.39 is 0 Å². The normalized spacial score (nSPS) is 23.5. The summed E-state index contributed by atoms with van der Waals surface area (Å²) in [4.78, 5) is 16.1. The van der Waals surface area contributed by atoms with Gasteiger partial charge in [-0.25, -0.2) is 0 Å². The number of likely N-dealkylation sites (N-methyl/N-ethyl adjacent to an activating group) is 1. The zero-order chi connectivity index (χ0) is 16.7. The first-order valence-electron chi connectivity index (χ1n) is 8.79. The maximum atomic E-state index is 11.7. The van der Waals surface area contributed by atoms with Crippen LogP contribution >= 0.6 is 0 Å². The van der Waals surface area contributed by atoms with Gasteiger partial charge in [0, 0.05) is 32.0 Å². The molecule has 24 heavy (non-hydrogen) atoms. The first-order valence-corrected chi connectivity index (χ1v) is 8.79. The van der Waals surface area contributed by atoms with E-state index >= 15 is 0 Å². The summed E-state index contributed by atoms with van der Waals surface area (Å²) in [6.45, 7) is 5.08. The average Bonchev–Trinajstić information content (AvgIpc) is 3.14. The Hall–Kier alpha value is -2.02. The largest absolute Gasteiger partial charge is 0.341 e. The molecule has 2 aliphatic rings. The van der Waals surface area contributed by atoms with Gasteiger partial charge < -0.3 is 9.80 Å². The fourth-order valence-corrected chi connectivity index (χ4v) is 3.90. The molecule has 7 heteroatoms. The predicted octanol–water partition coefficient (Wildman–Crippen LogP) is 1.23. The van der Waals surface area contributed by atoms with Gasteiger partial charge in [-0.05, 0) is 51.4 Å². The molecule has 0 bridgehead atoms. The van der Waals surface area contributed by atoms with Gasteiger partial charge in [0.1, 0.15) is 0 Å². The lowest BCUT2D eigenvalue weighted by Crippen LogP contribution is -2.43. The average molecular weight is 328 g/mol. The van der Waals surface area contributed by atoms with E-state index in [1.54, 1.807) is 0 Å². The Labute approximate surface area is 141 Å². The Bertz CT molecular complexity index is 749. The topological polar surface area (TPSA) is 66.6 Å². The number of hydrogen-bond acceptors (Lipinski definition) is 5. The highest BCUT2D eigenvalue weighted by molar-refractivity contribution is 5.78. The molecule has 0 aromatic carbocycles. The summed E-state index contributed by atoms with van der Waals surface area (Å²) in [5, 5.41) is 13.2. The number of rotatable bonds is 3. The summed E-state index contributed by atoms with van der Waals surface area (Å²) >= 11 is 0. The molecule has 7 nitrogen and oxygen atoms in total. The summed E-state index contributed by atoms with van der Waals surface area (Å²) < 4.78 is 1.90. The van der Waals surface area contributed by atoms with E-state index in [1.807, 2.05) is 35.5 Å². The predicted molar refractivity (Wildman–Crippen MR) is 89.7 cm³/mol. The first-order chi connectivity index (χ1) is 11.6. The molecular weight excluding hydrogens is 304 g/mol. The number of carbonyl (C=O) groups excluding carboxylic acids is 1. The van der Waals surface area contributed by atoms with Crippen LogP contribution in [0.4, 0.5) is 0 Å². The maximum absolute atomic E-state index is 11.7. The molecule has 2 aliphatic heterocycles. The van der Waals surface area contributed by atoms with Crippen LogP contribution in [-0.2, 0) is 4.79 Å². The van der Waals surface area contributed by atoms with Crippen LogP contribution in [0, 0.1) is 6.92 Å². The van der Waals surface area contributed by atoms with Gasteiger partial charge >= 0.3 is 0 Å². The SMILES string of the molecule is Cc1ccc2nnc(C3CCN(CC4CCC(=O)N4C)CC3)n2n1. The van der Waals surface area contributed by atoms with Gasteiger partial charge in [0.15, 0.2) is 11.5 Å². The van der Waals surface area contributed by atoms with Crippen molar-refractivity contribution in [2.45, 2.75) is 44.6 Å². The summed E-state index contributed by atoms with van der Waals surface area (Å²) in [6, 6.07) is 4.32. The molecule has 2 aromatic rings. The lowest BCUT2D eigenvalue weighted by Gasteiger charge is -2.34. The van der Waals surface area contributed by atoms with Crippen molar-refractivity contribution in [2.75, 3.05) is 26.7 Å². The molecule has 0 aliphatic carbocycles. The Morgan fingerprint density at radius 2 is 1.96 bits per heavy atom. The summed E-state index contributed by atoms with van der Waals surface area (Å²) in [7, 11) is 1.93. The van der Waals surface area contributed by atoms with Crippen LogP contribution in [0.2, 0.25) is 0 Å². The van der Waals surface area contributed by atoms with Gasteiger partial charge in [-0.3, -0.25) is 4.79 Å². The molecule has 2 saturated heterocycles. The lowest BCUT2D eigenvalue weighted by atomic mass is 9.95. The third-order valence-electron chi connectivity index (χ3n) is 5.47. The van der Waals surface area contributed by atoms with E-state index in [9.17, 15) is 4.79 Å². The van der Waals surface area contributed by atoms with E-state index in [0.717, 1.165) is 56.1 Å². The number of aromatic nitrogens is 4. The second-order valence-electron chi connectivity index (χ2n) is 7.07. The number of carbonyl (C=O) groups is 1. The van der Waals surface area contributed by atoms with Crippen LogP contribution < -0.4 is 0 Å². The van der Waals surface area contributed by atoms with Crippen molar-refractivity contribution in [1.82, 2.24) is 29.6 Å². The second-order valence-corrected chi connectivity index (χ2v) is 7.07. The third kappa shape index (κ3) is 2.77. The quantitative estimate of drug-likeness (QED) is 0.848. The van der Waals surface area contributed by atoms with Crippen molar-refractivity contribution >= 4 is 11.6 Å². The highest BCUT2D eigenvalue weighted by Crippen LogP contribution is 2.28. The van der Waals surface area contributed by atoms with Gasteiger partial charge in [0.2, 0.25) is 5.91 Å². The number of amides is 1. The van der Waals surface area contributed by atoms with Crippen LogP contribution in [0.15, 0.2) is 12.1 Å². The summed E-state index contributed by atoms with van der Waals surface area (Å²) in [5.74, 6) is 1.68. The first kappa shape index (κ1) is 15.5. The third-order valence-corrected chi connectivity index (χ3v) is 5.47. The zero-order valence-corrected chi connectivity index (χ0v) is 14.4. The van der Waals surface area contributed by atoms with Crippen molar-refractivity contribution in [3.63, 3.8) is 0 Å².